The molecule has 0 atom stereocenters. The maximum atomic E-state index is 12.2. The van der Waals surface area contributed by atoms with Gasteiger partial charge in [-0.05, 0) is 19.3 Å². The molecule has 0 aromatic rings. The van der Waals surface area contributed by atoms with Gasteiger partial charge in [0.15, 0.2) is 0 Å². The smallest absolute Gasteiger partial charge is 0.138 e. The summed E-state index contributed by atoms with van der Waals surface area (Å²) in [4.78, 5) is 12.2. The summed E-state index contributed by atoms with van der Waals surface area (Å²) < 4.78 is 0. The van der Waals surface area contributed by atoms with Gasteiger partial charge in [0, 0.05) is 11.8 Å². The lowest BCUT2D eigenvalue weighted by Crippen LogP contribution is -2.29. The number of carbonyl (C=O) groups excluding carboxylic acids is 1. The Balaban J connectivity index is 3.60. The van der Waals surface area contributed by atoms with E-state index in [1.165, 1.54) is 70.6 Å². The van der Waals surface area contributed by atoms with Crippen molar-refractivity contribution in [1.29, 1.82) is 0 Å². The van der Waals surface area contributed by atoms with Crippen molar-refractivity contribution in [1.82, 2.24) is 0 Å². The monoisotopic (exact) mass is 310 g/mol. The van der Waals surface area contributed by atoms with Crippen LogP contribution in [-0.2, 0) is 4.79 Å². The maximum Gasteiger partial charge on any atom is 0.138 e. The van der Waals surface area contributed by atoms with E-state index in [2.05, 4.69) is 20.8 Å². The van der Waals surface area contributed by atoms with Gasteiger partial charge < -0.3 is 0 Å². The van der Waals surface area contributed by atoms with E-state index >= 15 is 0 Å². The molecule has 0 heterocycles. The van der Waals surface area contributed by atoms with Gasteiger partial charge in [0.25, 0.3) is 0 Å². The van der Waals surface area contributed by atoms with E-state index in [-0.39, 0.29) is 5.41 Å². The highest BCUT2D eigenvalue weighted by Crippen LogP contribution is 2.35. The Hall–Kier alpha value is -0.330. The van der Waals surface area contributed by atoms with E-state index in [1.54, 1.807) is 0 Å². The van der Waals surface area contributed by atoms with Gasteiger partial charge in [0.2, 0.25) is 0 Å². The molecule has 0 radical (unpaired) electrons. The zero-order valence-electron chi connectivity index (χ0n) is 16.0. The minimum absolute atomic E-state index is 0.00592. The fourth-order valence-corrected chi connectivity index (χ4v) is 3.64. The van der Waals surface area contributed by atoms with Crippen LogP contribution in [0.2, 0.25) is 0 Å². The van der Waals surface area contributed by atoms with Crippen molar-refractivity contribution in [2.24, 2.45) is 5.41 Å². The number of hydrogen-bond acceptors (Lipinski definition) is 1. The van der Waals surface area contributed by atoms with Crippen LogP contribution in [0.3, 0.4) is 0 Å². The summed E-state index contributed by atoms with van der Waals surface area (Å²) in [6, 6.07) is 0. The Labute approximate surface area is 140 Å². The van der Waals surface area contributed by atoms with E-state index in [0.717, 1.165) is 19.3 Å². The third-order valence-electron chi connectivity index (χ3n) is 5.53. The zero-order valence-corrected chi connectivity index (χ0v) is 16.0. The van der Waals surface area contributed by atoms with Gasteiger partial charge in [-0.25, -0.2) is 0 Å². The van der Waals surface area contributed by atoms with Crippen molar-refractivity contribution in [3.05, 3.63) is 0 Å². The molecule has 0 fully saturated rings. The van der Waals surface area contributed by atoms with Crippen molar-refractivity contribution >= 4 is 5.78 Å². The minimum atomic E-state index is -0.00592. The second kappa shape index (κ2) is 14.3. The molecule has 0 aromatic heterocycles. The molecule has 0 N–H and O–H groups in total. The molecule has 0 unspecified atom stereocenters. The van der Waals surface area contributed by atoms with Crippen molar-refractivity contribution in [2.45, 2.75) is 124 Å². The molecule has 0 spiro atoms. The van der Waals surface area contributed by atoms with Gasteiger partial charge in [0.05, 0.1) is 0 Å². The van der Waals surface area contributed by atoms with Gasteiger partial charge in [-0.2, -0.15) is 0 Å². The number of unbranched alkanes of at least 4 members (excludes halogenated alkanes) is 10. The van der Waals surface area contributed by atoms with Gasteiger partial charge >= 0.3 is 0 Å². The van der Waals surface area contributed by atoms with Crippen LogP contribution in [0, 0.1) is 5.41 Å². The summed E-state index contributed by atoms with van der Waals surface area (Å²) in [6.45, 7) is 8.67. The lowest BCUT2D eigenvalue weighted by Gasteiger charge is -2.30. The van der Waals surface area contributed by atoms with Crippen LogP contribution in [-0.4, -0.2) is 5.78 Å². The van der Waals surface area contributed by atoms with E-state index in [4.69, 9.17) is 0 Å². The van der Waals surface area contributed by atoms with Crippen LogP contribution >= 0.6 is 0 Å². The van der Waals surface area contributed by atoms with Crippen LogP contribution in [0.1, 0.15) is 124 Å². The first-order valence-electron chi connectivity index (χ1n) is 10.2. The summed E-state index contributed by atoms with van der Waals surface area (Å²) in [5, 5.41) is 0. The van der Waals surface area contributed by atoms with E-state index in [1.807, 2.05) is 6.92 Å². The molecule has 0 saturated carbocycles. The standard InChI is InChI=1S/C21H42O/c1-5-9-10-11-12-13-14-15-16-17-18-19-21(7-3,8-4)20(22)6-2/h5-19H2,1-4H3. The molecule has 0 saturated heterocycles. The van der Waals surface area contributed by atoms with Crippen molar-refractivity contribution in [3.63, 3.8) is 0 Å². The van der Waals surface area contributed by atoms with E-state index < -0.39 is 0 Å². The predicted octanol–water partition coefficient (Wildman–Crippen LogP) is 7.47. The van der Waals surface area contributed by atoms with Gasteiger partial charge in [0.1, 0.15) is 5.78 Å². The third kappa shape index (κ3) is 8.96. The number of hydrogen-bond donors (Lipinski definition) is 0. The number of rotatable bonds is 16. The normalized spacial score (nSPS) is 11.8. The van der Waals surface area contributed by atoms with E-state index in [9.17, 15) is 4.79 Å². The molecule has 0 aromatic carbocycles. The second-order valence-corrected chi connectivity index (χ2v) is 7.05. The topological polar surface area (TPSA) is 17.1 Å². The molecule has 0 aliphatic rings. The van der Waals surface area contributed by atoms with Crippen LogP contribution < -0.4 is 0 Å². The molecular weight excluding hydrogens is 268 g/mol. The number of ketones is 1. The molecule has 1 nitrogen and oxygen atoms in total. The third-order valence-corrected chi connectivity index (χ3v) is 5.53. The highest BCUT2D eigenvalue weighted by Gasteiger charge is 2.32. The first-order valence-corrected chi connectivity index (χ1v) is 10.2. The zero-order chi connectivity index (χ0) is 16.7. The largest absolute Gasteiger partial charge is 0.299 e. The lowest BCUT2D eigenvalue weighted by molar-refractivity contribution is -0.129. The number of carbonyl (C=O) groups is 1. The van der Waals surface area contributed by atoms with Crippen LogP contribution in [0.25, 0.3) is 0 Å². The fourth-order valence-electron chi connectivity index (χ4n) is 3.64. The first-order chi connectivity index (χ1) is 10.7. The van der Waals surface area contributed by atoms with Gasteiger partial charge in [-0.3, -0.25) is 4.79 Å². The average Bonchev–Trinajstić information content (AvgIpc) is 2.56. The van der Waals surface area contributed by atoms with Gasteiger partial charge in [-0.1, -0.05) is 98.3 Å². The molecule has 132 valence electrons. The number of Topliss-reactive ketones (excluding diaryl/α,β-unsaturated/α-hetero) is 1. The summed E-state index contributed by atoms with van der Waals surface area (Å²) in [5.74, 6) is 0.490. The Morgan fingerprint density at radius 3 is 1.41 bits per heavy atom. The lowest BCUT2D eigenvalue weighted by atomic mass is 9.73. The van der Waals surface area contributed by atoms with Crippen LogP contribution in [0.5, 0.6) is 0 Å². The predicted molar refractivity (Wildman–Crippen MR) is 99.4 cm³/mol. The van der Waals surface area contributed by atoms with Crippen molar-refractivity contribution in [2.75, 3.05) is 0 Å². The van der Waals surface area contributed by atoms with Crippen LogP contribution in [0.4, 0.5) is 0 Å². The second-order valence-electron chi connectivity index (χ2n) is 7.05. The molecule has 1 heteroatoms. The molecular formula is C21H42O. The first kappa shape index (κ1) is 21.7. The molecule has 22 heavy (non-hydrogen) atoms. The van der Waals surface area contributed by atoms with E-state index in [0.29, 0.717) is 12.2 Å². The Morgan fingerprint density at radius 1 is 0.636 bits per heavy atom. The van der Waals surface area contributed by atoms with Crippen molar-refractivity contribution < 1.29 is 4.79 Å². The summed E-state index contributed by atoms with van der Waals surface area (Å²) in [5.41, 5.74) is -0.00592. The highest BCUT2D eigenvalue weighted by molar-refractivity contribution is 5.84. The van der Waals surface area contributed by atoms with Crippen LogP contribution in [0.15, 0.2) is 0 Å². The van der Waals surface area contributed by atoms with Crippen molar-refractivity contribution in [3.8, 4) is 0 Å². The van der Waals surface area contributed by atoms with Gasteiger partial charge in [-0.15, -0.1) is 0 Å². The summed E-state index contributed by atoms with van der Waals surface area (Å²) >= 11 is 0. The molecule has 0 aliphatic heterocycles. The molecule has 0 aliphatic carbocycles. The quantitative estimate of drug-likeness (QED) is 0.270. The summed E-state index contributed by atoms with van der Waals surface area (Å²) in [7, 11) is 0. The molecule has 0 bridgehead atoms. The minimum Gasteiger partial charge on any atom is -0.299 e. The Morgan fingerprint density at radius 2 is 1.05 bits per heavy atom. The SMILES string of the molecule is CCCCCCCCCCCCCC(CC)(CC)C(=O)CC. The molecule has 0 rings (SSSR count). The summed E-state index contributed by atoms with van der Waals surface area (Å²) in [6.07, 6.45) is 19.0. The average molecular weight is 311 g/mol. The Bertz CT molecular complexity index is 253. The maximum absolute atomic E-state index is 12.2. The molecule has 0 amide bonds. The fraction of sp³-hybridized carbons (Fsp3) is 0.952. The highest BCUT2D eigenvalue weighted by atomic mass is 16.1. The Kier molecular flexibility index (Phi) is 14.1.